The molecule has 12 heavy (non-hydrogen) atoms. The highest BCUT2D eigenvalue weighted by molar-refractivity contribution is 6.13. The number of benzene rings is 1. The molecule has 0 fully saturated rings. The van der Waals surface area contributed by atoms with Crippen molar-refractivity contribution in [1.82, 2.24) is 0 Å². The molecule has 5 heteroatoms. The summed E-state index contributed by atoms with van der Waals surface area (Å²) >= 11 is 0. The van der Waals surface area contributed by atoms with E-state index in [4.69, 9.17) is 10.0 Å². The molecule has 0 aromatic heterocycles. The Morgan fingerprint density at radius 3 is 2.17 bits per heavy atom. The van der Waals surface area contributed by atoms with Gasteiger partial charge in [-0.25, -0.2) is 0 Å². The van der Waals surface area contributed by atoms with Crippen LogP contribution in [0.4, 0.5) is 5.69 Å². The van der Waals surface area contributed by atoms with E-state index < -0.39 is 0 Å². The number of hydrogen-bond donors (Lipinski definition) is 3. The maximum atomic E-state index is 7.00. The smallest absolute Gasteiger partial charge is 0.429 e. The highest BCUT2D eigenvalue weighted by Crippen LogP contribution is 2.03. The third kappa shape index (κ3) is 5.73. The second kappa shape index (κ2) is 8.07. The third-order valence-corrected chi connectivity index (χ3v) is 0.994. The van der Waals surface area contributed by atoms with E-state index in [-0.39, 0.29) is 7.69 Å². The van der Waals surface area contributed by atoms with E-state index in [9.17, 15) is 0 Å². The molecule has 0 saturated carbocycles. The lowest BCUT2D eigenvalue weighted by Crippen LogP contribution is -1.93. The molecule has 0 spiro atoms. The van der Waals surface area contributed by atoms with Crippen LogP contribution in [0.5, 0.6) is 0 Å². The molecule has 0 heterocycles. The van der Waals surface area contributed by atoms with Crippen molar-refractivity contribution >= 4 is 13.4 Å². The van der Waals surface area contributed by atoms with Gasteiger partial charge in [-0.05, 0) is 12.1 Å². The summed E-state index contributed by atoms with van der Waals surface area (Å²) in [6.45, 7) is 0. The molecule has 0 unspecified atom stereocenters. The van der Waals surface area contributed by atoms with Crippen molar-refractivity contribution in [2.75, 3.05) is 12.6 Å². The van der Waals surface area contributed by atoms with Crippen LogP contribution < -0.4 is 5.48 Å². The van der Waals surface area contributed by atoms with Crippen LogP contribution in [0.1, 0.15) is 0 Å². The fraction of sp³-hybridized carbons (Fsp3) is 0.143. The van der Waals surface area contributed by atoms with Crippen molar-refractivity contribution in [3.8, 4) is 0 Å². The minimum Gasteiger partial charge on any atom is -0.429 e. The Morgan fingerprint density at radius 1 is 1.25 bits per heavy atom. The van der Waals surface area contributed by atoms with Gasteiger partial charge in [0.25, 0.3) is 0 Å². The van der Waals surface area contributed by atoms with Crippen molar-refractivity contribution in [3.05, 3.63) is 30.3 Å². The molecule has 0 amide bonds. The quantitative estimate of drug-likeness (QED) is 0.435. The van der Waals surface area contributed by atoms with Gasteiger partial charge in [0.05, 0.1) is 12.8 Å². The zero-order valence-corrected chi connectivity index (χ0v) is 6.77. The molecule has 1 aromatic rings. The number of para-hydroxylation sites is 1. The van der Waals surface area contributed by atoms with E-state index in [1.165, 1.54) is 0 Å². The molecule has 1 rings (SSSR count). The minimum atomic E-state index is 0. The Labute approximate surface area is 72.1 Å². The predicted octanol–water partition coefficient (Wildman–Crippen LogP) is 0.165. The lowest BCUT2D eigenvalue weighted by molar-refractivity contribution is 0.271. The molecule has 65 valence electrons. The van der Waals surface area contributed by atoms with E-state index in [0.717, 1.165) is 5.69 Å². The maximum Gasteiger partial charge on any atom is 0.482 e. The summed E-state index contributed by atoms with van der Waals surface area (Å²) in [5, 5.41) is 14.0. The summed E-state index contributed by atoms with van der Waals surface area (Å²) < 4.78 is 0. The number of anilines is 1. The van der Waals surface area contributed by atoms with Gasteiger partial charge in [-0.2, -0.15) is 0 Å². The van der Waals surface area contributed by atoms with Crippen molar-refractivity contribution in [1.29, 1.82) is 0 Å². The Morgan fingerprint density at radius 2 is 1.75 bits per heavy atom. The van der Waals surface area contributed by atoms with E-state index in [0.29, 0.717) is 0 Å². The van der Waals surface area contributed by atoms with Crippen LogP contribution in [0.3, 0.4) is 0 Å². The molecule has 0 aliphatic carbocycles. The molecule has 0 bridgehead atoms. The van der Waals surface area contributed by atoms with Crippen LogP contribution in [-0.2, 0) is 4.84 Å². The largest absolute Gasteiger partial charge is 0.482 e. The predicted molar refractivity (Wildman–Crippen MR) is 47.3 cm³/mol. The van der Waals surface area contributed by atoms with E-state index in [2.05, 4.69) is 10.3 Å². The Kier molecular flexibility index (Phi) is 7.37. The number of nitrogens with one attached hydrogen (secondary N) is 1. The van der Waals surface area contributed by atoms with Gasteiger partial charge in [0.15, 0.2) is 0 Å². The lowest BCUT2D eigenvalue weighted by Gasteiger charge is -1.99. The number of rotatable bonds is 2. The summed E-state index contributed by atoms with van der Waals surface area (Å²) in [5.41, 5.74) is 3.68. The average Bonchev–Trinajstić information content (AvgIpc) is 2.08. The van der Waals surface area contributed by atoms with E-state index >= 15 is 0 Å². The van der Waals surface area contributed by atoms with Gasteiger partial charge in [-0.1, -0.05) is 18.2 Å². The van der Waals surface area contributed by atoms with Crippen molar-refractivity contribution in [3.63, 3.8) is 0 Å². The SMILES string of the molecule is CONc1ccccc1.O[B]O. The van der Waals surface area contributed by atoms with Gasteiger partial charge >= 0.3 is 7.69 Å². The van der Waals surface area contributed by atoms with Gasteiger partial charge in [0, 0.05) is 0 Å². The molecule has 1 radical (unpaired) electrons. The Balaban J connectivity index is 0.000000354. The van der Waals surface area contributed by atoms with Gasteiger partial charge in [-0.3, -0.25) is 10.3 Å². The molecule has 3 N–H and O–H groups in total. The van der Waals surface area contributed by atoms with Crippen molar-refractivity contribution < 1.29 is 14.9 Å². The number of hydrogen-bond acceptors (Lipinski definition) is 4. The van der Waals surface area contributed by atoms with Crippen LogP contribution in [0.2, 0.25) is 0 Å². The van der Waals surface area contributed by atoms with E-state index in [1.54, 1.807) is 7.11 Å². The Hall–Kier alpha value is -1.04. The third-order valence-electron chi connectivity index (χ3n) is 0.994. The minimum absolute atomic E-state index is 0. The van der Waals surface area contributed by atoms with Crippen LogP contribution >= 0.6 is 0 Å². The first-order valence-electron chi connectivity index (χ1n) is 3.29. The summed E-state index contributed by atoms with van der Waals surface area (Å²) in [6.07, 6.45) is 0. The monoisotopic (exact) mass is 168 g/mol. The van der Waals surface area contributed by atoms with E-state index in [1.807, 2.05) is 30.3 Å². The lowest BCUT2D eigenvalue weighted by atomic mass is 10.3. The second-order valence-electron chi connectivity index (χ2n) is 1.79. The molecule has 0 aliphatic heterocycles. The zero-order valence-electron chi connectivity index (χ0n) is 6.77. The fourth-order valence-electron chi connectivity index (χ4n) is 0.624. The highest BCUT2D eigenvalue weighted by Gasteiger charge is 1.82. The average molecular weight is 168 g/mol. The summed E-state index contributed by atoms with van der Waals surface area (Å²) in [6, 6.07) is 9.72. The maximum absolute atomic E-state index is 7.00. The normalized spacial score (nSPS) is 7.92. The molecule has 4 nitrogen and oxygen atoms in total. The summed E-state index contributed by atoms with van der Waals surface area (Å²) in [5.74, 6) is 0. The fourth-order valence-corrected chi connectivity index (χ4v) is 0.624. The van der Waals surface area contributed by atoms with Crippen LogP contribution in [0.15, 0.2) is 30.3 Å². The molecule has 0 aliphatic rings. The van der Waals surface area contributed by atoms with Crippen molar-refractivity contribution in [2.24, 2.45) is 0 Å². The van der Waals surface area contributed by atoms with Crippen LogP contribution in [0, 0.1) is 0 Å². The molecular weight excluding hydrogens is 157 g/mol. The molecular formula is C7H11BNO3. The van der Waals surface area contributed by atoms with Gasteiger partial charge in [-0.15, -0.1) is 0 Å². The first-order chi connectivity index (χ1) is 5.85. The van der Waals surface area contributed by atoms with Gasteiger partial charge in [0.2, 0.25) is 0 Å². The van der Waals surface area contributed by atoms with Crippen molar-refractivity contribution in [2.45, 2.75) is 0 Å². The highest BCUT2D eigenvalue weighted by atomic mass is 16.6. The van der Waals surface area contributed by atoms with Gasteiger partial charge in [0.1, 0.15) is 0 Å². The molecule has 0 atom stereocenters. The zero-order chi connectivity index (χ0) is 9.23. The first kappa shape index (κ1) is 11.0. The van der Waals surface area contributed by atoms with Crippen LogP contribution in [-0.4, -0.2) is 24.8 Å². The topological polar surface area (TPSA) is 61.7 Å². The molecule has 0 saturated heterocycles. The molecule has 1 aromatic carbocycles. The van der Waals surface area contributed by atoms with Gasteiger partial charge < -0.3 is 10.0 Å². The second-order valence-corrected chi connectivity index (χ2v) is 1.79. The van der Waals surface area contributed by atoms with Crippen LogP contribution in [0.25, 0.3) is 0 Å². The summed E-state index contributed by atoms with van der Waals surface area (Å²) in [7, 11) is 1.59. The first-order valence-corrected chi connectivity index (χ1v) is 3.29. The standard InChI is InChI=1S/C7H9NO.BH2O2/c1-9-8-7-5-3-2-4-6-7;2-1-3/h2-6,8H,1H3;2-3H. The Bertz CT molecular complexity index is 183. The summed E-state index contributed by atoms with van der Waals surface area (Å²) in [4.78, 5) is 4.68.